The number of hydrogen-bond donors (Lipinski definition) is 1. The summed E-state index contributed by atoms with van der Waals surface area (Å²) in [5.74, 6) is 3.97. The van der Waals surface area contributed by atoms with Gasteiger partial charge >= 0.3 is 0 Å². The minimum atomic E-state index is -0.230. The van der Waals surface area contributed by atoms with Crippen molar-refractivity contribution >= 4 is 5.91 Å². The van der Waals surface area contributed by atoms with Crippen LogP contribution in [0.25, 0.3) is 0 Å². The number of amides is 1. The van der Waals surface area contributed by atoms with E-state index in [-0.39, 0.29) is 11.3 Å². The minimum Gasteiger partial charge on any atom is -0.331 e. The largest absolute Gasteiger partial charge is 0.331 e. The highest BCUT2D eigenvalue weighted by Gasteiger charge is 2.46. The second-order valence-corrected chi connectivity index (χ2v) is 6.07. The van der Waals surface area contributed by atoms with E-state index in [0.29, 0.717) is 18.4 Å². The average Bonchev–Trinajstić information content (AvgIpc) is 3.01. The van der Waals surface area contributed by atoms with Crippen molar-refractivity contribution in [1.82, 2.24) is 10.2 Å². The van der Waals surface area contributed by atoms with Crippen molar-refractivity contribution in [3.8, 4) is 12.3 Å². The van der Waals surface area contributed by atoms with Gasteiger partial charge in [0.05, 0.1) is 12.0 Å². The number of hydrogen-bond acceptors (Lipinski definition) is 2. The number of terminal acetylenes is 1. The molecule has 2 aliphatic rings. The van der Waals surface area contributed by atoms with Crippen LogP contribution in [0.15, 0.2) is 0 Å². The molecular formula is C15H24N2O. The van der Waals surface area contributed by atoms with E-state index in [2.05, 4.69) is 25.1 Å². The predicted octanol–water partition coefficient (Wildman–Crippen LogP) is 1.49. The number of nitrogens with one attached hydrogen (secondary N) is 1. The highest BCUT2D eigenvalue weighted by Crippen LogP contribution is 2.38. The first-order valence-corrected chi connectivity index (χ1v) is 7.03. The van der Waals surface area contributed by atoms with Gasteiger partial charge in [0.15, 0.2) is 0 Å². The summed E-state index contributed by atoms with van der Waals surface area (Å²) >= 11 is 0. The molecule has 3 heteroatoms. The monoisotopic (exact) mass is 248 g/mol. The molecule has 1 unspecified atom stereocenters. The van der Waals surface area contributed by atoms with Crippen LogP contribution in [-0.2, 0) is 4.79 Å². The van der Waals surface area contributed by atoms with Crippen molar-refractivity contribution in [1.29, 1.82) is 0 Å². The van der Waals surface area contributed by atoms with Gasteiger partial charge in [-0.15, -0.1) is 6.42 Å². The van der Waals surface area contributed by atoms with E-state index in [1.54, 1.807) is 0 Å². The van der Waals surface area contributed by atoms with Crippen molar-refractivity contribution in [3.05, 3.63) is 0 Å². The Hall–Kier alpha value is -1.01. The first kappa shape index (κ1) is 13.4. The van der Waals surface area contributed by atoms with E-state index in [0.717, 1.165) is 26.1 Å². The standard InChI is InChI=1S/C15H24N2O/c1-4-9-17(10-13-5-6-13)14(18)15(12(2)3)7-8-16-11-15/h1,12-13,16H,5-11H2,2-3H3. The first-order valence-electron chi connectivity index (χ1n) is 7.03. The molecule has 18 heavy (non-hydrogen) atoms. The van der Waals surface area contributed by atoms with Crippen LogP contribution in [0.1, 0.15) is 33.1 Å². The van der Waals surface area contributed by atoms with Gasteiger partial charge in [-0.1, -0.05) is 19.8 Å². The molecule has 0 spiro atoms. The number of rotatable bonds is 5. The second kappa shape index (κ2) is 5.32. The number of carbonyl (C=O) groups is 1. The Kier molecular flexibility index (Phi) is 3.97. The van der Waals surface area contributed by atoms with E-state index in [4.69, 9.17) is 6.42 Å². The molecule has 1 saturated heterocycles. The third-order valence-electron chi connectivity index (χ3n) is 4.46. The van der Waals surface area contributed by atoms with E-state index in [9.17, 15) is 4.79 Å². The molecule has 0 aromatic heterocycles. The van der Waals surface area contributed by atoms with Gasteiger partial charge in [0.25, 0.3) is 0 Å². The fourth-order valence-electron chi connectivity index (χ4n) is 2.89. The molecule has 0 radical (unpaired) electrons. The lowest BCUT2D eigenvalue weighted by molar-refractivity contribution is -0.143. The summed E-state index contributed by atoms with van der Waals surface area (Å²) in [6.07, 6.45) is 8.86. The molecule has 0 bridgehead atoms. The molecule has 2 fully saturated rings. The highest BCUT2D eigenvalue weighted by atomic mass is 16.2. The third-order valence-corrected chi connectivity index (χ3v) is 4.46. The van der Waals surface area contributed by atoms with Gasteiger partial charge in [0.1, 0.15) is 0 Å². The van der Waals surface area contributed by atoms with Crippen molar-refractivity contribution < 1.29 is 4.79 Å². The van der Waals surface area contributed by atoms with Crippen LogP contribution < -0.4 is 5.32 Å². The van der Waals surface area contributed by atoms with Gasteiger partial charge in [-0.25, -0.2) is 0 Å². The molecule has 1 atom stereocenters. The van der Waals surface area contributed by atoms with Crippen LogP contribution >= 0.6 is 0 Å². The first-order chi connectivity index (χ1) is 8.60. The Morgan fingerprint density at radius 1 is 1.56 bits per heavy atom. The summed E-state index contributed by atoms with van der Waals surface area (Å²) < 4.78 is 0. The van der Waals surface area contributed by atoms with Gasteiger partial charge < -0.3 is 10.2 Å². The summed E-state index contributed by atoms with van der Waals surface area (Å²) in [4.78, 5) is 14.8. The fourth-order valence-corrected chi connectivity index (χ4v) is 2.89. The minimum absolute atomic E-state index is 0.230. The zero-order valence-corrected chi connectivity index (χ0v) is 11.5. The van der Waals surface area contributed by atoms with Gasteiger partial charge in [0.2, 0.25) is 5.91 Å². The quantitative estimate of drug-likeness (QED) is 0.748. The van der Waals surface area contributed by atoms with Crippen LogP contribution in [0.4, 0.5) is 0 Å². The molecule has 0 aromatic rings. The number of nitrogens with zero attached hydrogens (tertiary/aromatic N) is 1. The summed E-state index contributed by atoms with van der Waals surface area (Å²) in [5.41, 5.74) is -0.230. The maximum atomic E-state index is 12.9. The molecule has 1 N–H and O–H groups in total. The Balaban J connectivity index is 2.11. The smallest absolute Gasteiger partial charge is 0.231 e. The fraction of sp³-hybridized carbons (Fsp3) is 0.800. The SMILES string of the molecule is C#CCN(CC1CC1)C(=O)C1(C(C)C)CCNC1. The summed E-state index contributed by atoms with van der Waals surface area (Å²) in [7, 11) is 0. The summed E-state index contributed by atoms with van der Waals surface area (Å²) in [6, 6.07) is 0. The summed E-state index contributed by atoms with van der Waals surface area (Å²) in [6.45, 7) is 7.36. The Morgan fingerprint density at radius 2 is 2.28 bits per heavy atom. The zero-order valence-electron chi connectivity index (χ0n) is 11.5. The van der Waals surface area contributed by atoms with Crippen LogP contribution in [0, 0.1) is 29.6 Å². The van der Waals surface area contributed by atoms with Gasteiger partial charge in [0, 0.05) is 13.1 Å². The zero-order chi connectivity index (χ0) is 13.2. The van der Waals surface area contributed by atoms with Gasteiger partial charge in [-0.3, -0.25) is 4.79 Å². The van der Waals surface area contributed by atoms with Crippen LogP contribution in [-0.4, -0.2) is 37.0 Å². The molecule has 1 aliphatic heterocycles. The molecule has 2 rings (SSSR count). The Labute approximate surface area is 110 Å². The van der Waals surface area contributed by atoms with E-state index >= 15 is 0 Å². The van der Waals surface area contributed by atoms with Crippen LogP contribution in [0.3, 0.4) is 0 Å². The number of carbonyl (C=O) groups excluding carboxylic acids is 1. The summed E-state index contributed by atoms with van der Waals surface area (Å²) in [5, 5.41) is 3.34. The van der Waals surface area contributed by atoms with Gasteiger partial charge in [-0.2, -0.15) is 0 Å². The van der Waals surface area contributed by atoms with Crippen molar-refractivity contribution in [2.24, 2.45) is 17.3 Å². The van der Waals surface area contributed by atoms with Gasteiger partial charge in [-0.05, 0) is 37.6 Å². The normalized spacial score (nSPS) is 27.2. The molecule has 100 valence electrons. The van der Waals surface area contributed by atoms with E-state index in [1.807, 2.05) is 4.90 Å². The lowest BCUT2D eigenvalue weighted by Crippen LogP contribution is -2.49. The maximum Gasteiger partial charge on any atom is 0.231 e. The van der Waals surface area contributed by atoms with Crippen LogP contribution in [0.5, 0.6) is 0 Å². The molecule has 0 aromatic carbocycles. The Bertz CT molecular complexity index is 346. The van der Waals surface area contributed by atoms with Crippen LogP contribution in [0.2, 0.25) is 0 Å². The maximum absolute atomic E-state index is 12.9. The average molecular weight is 248 g/mol. The molecule has 1 saturated carbocycles. The molecule has 1 amide bonds. The third kappa shape index (κ3) is 2.54. The van der Waals surface area contributed by atoms with Crippen molar-refractivity contribution in [3.63, 3.8) is 0 Å². The van der Waals surface area contributed by atoms with E-state index in [1.165, 1.54) is 12.8 Å². The highest BCUT2D eigenvalue weighted by molar-refractivity contribution is 5.84. The Morgan fingerprint density at radius 3 is 2.72 bits per heavy atom. The predicted molar refractivity (Wildman–Crippen MR) is 72.9 cm³/mol. The van der Waals surface area contributed by atoms with E-state index < -0.39 is 0 Å². The molecule has 3 nitrogen and oxygen atoms in total. The molecular weight excluding hydrogens is 224 g/mol. The second-order valence-electron chi connectivity index (χ2n) is 6.07. The molecule has 1 heterocycles. The van der Waals surface area contributed by atoms with Crippen molar-refractivity contribution in [2.75, 3.05) is 26.2 Å². The molecule has 1 aliphatic carbocycles. The topological polar surface area (TPSA) is 32.3 Å². The van der Waals surface area contributed by atoms with Crippen molar-refractivity contribution in [2.45, 2.75) is 33.1 Å². The lowest BCUT2D eigenvalue weighted by Gasteiger charge is -2.36. The lowest BCUT2D eigenvalue weighted by atomic mass is 9.75.